The molecule has 0 fully saturated rings. The van der Waals surface area contributed by atoms with Crippen LogP contribution in [0.4, 0.5) is 11.6 Å². The fourth-order valence-corrected chi connectivity index (χ4v) is 2.21. The molecular weight excluding hydrogens is 228 g/mol. The number of hydrogen-bond donors (Lipinski definition) is 1. The molecule has 0 aliphatic heterocycles. The molecule has 0 saturated heterocycles. The first-order valence-corrected chi connectivity index (χ1v) is 5.89. The molecule has 7 heteroatoms. The summed E-state index contributed by atoms with van der Waals surface area (Å²) < 4.78 is 0. The molecular formula is C9H14N4O2S. The van der Waals surface area contributed by atoms with Gasteiger partial charge in [-0.25, -0.2) is 4.98 Å². The van der Waals surface area contributed by atoms with E-state index >= 15 is 0 Å². The number of nitro groups is 1. The van der Waals surface area contributed by atoms with Crippen molar-refractivity contribution < 1.29 is 4.92 Å². The third-order valence-electron chi connectivity index (χ3n) is 1.88. The highest BCUT2D eigenvalue weighted by atomic mass is 32.2. The lowest BCUT2D eigenvalue weighted by Gasteiger charge is -2.04. The Morgan fingerprint density at radius 1 is 1.62 bits per heavy atom. The highest BCUT2D eigenvalue weighted by Gasteiger charge is 2.16. The van der Waals surface area contributed by atoms with Crippen LogP contribution in [0.5, 0.6) is 0 Å². The van der Waals surface area contributed by atoms with E-state index in [2.05, 4.69) is 23.8 Å². The van der Waals surface area contributed by atoms with Crippen LogP contribution in [0.1, 0.15) is 20.3 Å². The lowest BCUT2D eigenvalue weighted by molar-refractivity contribution is -0.388. The SMILES string of the molecule is CC(C)CCSc1nc(N)ncc1[N+](=O)[O-]. The van der Waals surface area contributed by atoms with Gasteiger partial charge in [-0.2, -0.15) is 4.98 Å². The van der Waals surface area contributed by atoms with Crippen molar-refractivity contribution in [3.63, 3.8) is 0 Å². The Balaban J connectivity index is 2.76. The van der Waals surface area contributed by atoms with Gasteiger partial charge in [0.15, 0.2) is 5.03 Å². The molecule has 1 rings (SSSR count). The van der Waals surface area contributed by atoms with Crippen LogP contribution in [-0.2, 0) is 0 Å². The van der Waals surface area contributed by atoms with Gasteiger partial charge in [-0.1, -0.05) is 25.6 Å². The first-order valence-electron chi connectivity index (χ1n) is 4.90. The number of thioether (sulfide) groups is 1. The maximum Gasteiger partial charge on any atom is 0.319 e. The third-order valence-corrected chi connectivity index (χ3v) is 2.90. The van der Waals surface area contributed by atoms with Gasteiger partial charge >= 0.3 is 5.69 Å². The molecule has 6 nitrogen and oxygen atoms in total. The Morgan fingerprint density at radius 3 is 2.88 bits per heavy atom. The predicted octanol–water partition coefficient (Wildman–Crippen LogP) is 2.11. The van der Waals surface area contributed by atoms with Gasteiger partial charge in [-0.15, -0.1) is 0 Å². The summed E-state index contributed by atoms with van der Waals surface area (Å²) in [5, 5.41) is 11.0. The molecule has 0 aromatic carbocycles. The Kier molecular flexibility index (Phi) is 4.48. The molecule has 2 N–H and O–H groups in total. The minimum atomic E-state index is -0.489. The van der Waals surface area contributed by atoms with Crippen LogP contribution in [0.2, 0.25) is 0 Å². The van der Waals surface area contributed by atoms with E-state index in [-0.39, 0.29) is 11.6 Å². The fraction of sp³-hybridized carbons (Fsp3) is 0.556. The van der Waals surface area contributed by atoms with Gasteiger partial charge < -0.3 is 5.73 Å². The van der Waals surface area contributed by atoms with Crippen LogP contribution in [-0.4, -0.2) is 20.6 Å². The molecule has 1 heterocycles. The van der Waals surface area contributed by atoms with Crippen LogP contribution in [0.25, 0.3) is 0 Å². The van der Waals surface area contributed by atoms with Gasteiger partial charge in [-0.05, 0) is 18.1 Å². The van der Waals surface area contributed by atoms with Crippen LogP contribution >= 0.6 is 11.8 Å². The maximum atomic E-state index is 10.7. The number of nitrogens with zero attached hydrogens (tertiary/aromatic N) is 3. The van der Waals surface area contributed by atoms with Gasteiger partial charge in [0.2, 0.25) is 5.95 Å². The number of aromatic nitrogens is 2. The Hall–Kier alpha value is -1.37. The number of hydrogen-bond acceptors (Lipinski definition) is 6. The average molecular weight is 242 g/mol. The normalized spacial score (nSPS) is 10.7. The van der Waals surface area contributed by atoms with Crippen LogP contribution in [0.15, 0.2) is 11.2 Å². The molecule has 0 saturated carbocycles. The highest BCUT2D eigenvalue weighted by molar-refractivity contribution is 7.99. The Morgan fingerprint density at radius 2 is 2.31 bits per heavy atom. The number of rotatable bonds is 5. The summed E-state index contributed by atoms with van der Waals surface area (Å²) in [6.45, 7) is 4.20. The Labute approximate surface area is 97.8 Å². The van der Waals surface area contributed by atoms with Gasteiger partial charge in [0.05, 0.1) is 4.92 Å². The summed E-state index contributed by atoms with van der Waals surface area (Å²) in [6.07, 6.45) is 2.13. The van der Waals surface area contributed by atoms with Gasteiger partial charge in [0.1, 0.15) is 6.20 Å². The summed E-state index contributed by atoms with van der Waals surface area (Å²) in [4.78, 5) is 17.7. The van der Waals surface area contributed by atoms with Crippen LogP contribution in [0.3, 0.4) is 0 Å². The molecule has 0 radical (unpaired) electrons. The molecule has 1 aromatic heterocycles. The fourth-order valence-electron chi connectivity index (χ4n) is 0.995. The molecule has 0 aliphatic rings. The quantitative estimate of drug-likeness (QED) is 0.367. The molecule has 0 spiro atoms. The Bertz CT molecular complexity index is 384. The van der Waals surface area contributed by atoms with E-state index in [9.17, 15) is 10.1 Å². The van der Waals surface area contributed by atoms with E-state index in [1.165, 1.54) is 11.8 Å². The molecule has 0 aliphatic carbocycles. The van der Waals surface area contributed by atoms with Crippen molar-refractivity contribution in [3.8, 4) is 0 Å². The second-order valence-electron chi connectivity index (χ2n) is 3.71. The maximum absolute atomic E-state index is 10.7. The van der Waals surface area contributed by atoms with Gasteiger partial charge in [-0.3, -0.25) is 10.1 Å². The van der Waals surface area contributed by atoms with Crippen molar-refractivity contribution in [1.29, 1.82) is 0 Å². The van der Waals surface area contributed by atoms with Crippen LogP contribution < -0.4 is 5.73 Å². The summed E-state index contributed by atoms with van der Waals surface area (Å²) in [6, 6.07) is 0. The number of anilines is 1. The first kappa shape index (κ1) is 12.7. The van der Waals surface area contributed by atoms with E-state index in [1.54, 1.807) is 0 Å². The summed E-state index contributed by atoms with van der Waals surface area (Å²) >= 11 is 1.35. The monoisotopic (exact) mass is 242 g/mol. The molecule has 0 amide bonds. The second-order valence-corrected chi connectivity index (χ2v) is 4.79. The van der Waals surface area contributed by atoms with Crippen molar-refractivity contribution in [2.24, 2.45) is 5.92 Å². The molecule has 0 bridgehead atoms. The zero-order valence-electron chi connectivity index (χ0n) is 9.21. The summed E-state index contributed by atoms with van der Waals surface area (Å²) in [5.41, 5.74) is 5.32. The second kappa shape index (κ2) is 5.64. The first-order chi connectivity index (χ1) is 7.50. The van der Waals surface area contributed by atoms with Gasteiger partial charge in [0.25, 0.3) is 0 Å². The van der Waals surface area contributed by atoms with E-state index < -0.39 is 4.92 Å². The molecule has 1 aromatic rings. The zero-order valence-corrected chi connectivity index (χ0v) is 10.0. The lowest BCUT2D eigenvalue weighted by atomic mass is 10.2. The van der Waals surface area contributed by atoms with E-state index in [0.717, 1.165) is 18.4 Å². The van der Waals surface area contributed by atoms with Crippen molar-refractivity contribution in [2.45, 2.75) is 25.3 Å². The standard InChI is InChI=1S/C9H14N4O2S/c1-6(2)3-4-16-8-7(13(14)15)5-11-9(10)12-8/h5-6H,3-4H2,1-2H3,(H2,10,11,12). The highest BCUT2D eigenvalue weighted by Crippen LogP contribution is 2.27. The van der Waals surface area contributed by atoms with E-state index in [1.807, 2.05) is 0 Å². The molecule has 88 valence electrons. The van der Waals surface area contributed by atoms with Gasteiger partial charge in [0, 0.05) is 0 Å². The smallest absolute Gasteiger partial charge is 0.319 e. The topological polar surface area (TPSA) is 94.9 Å². The van der Waals surface area contributed by atoms with Crippen molar-refractivity contribution in [3.05, 3.63) is 16.3 Å². The number of nitrogens with two attached hydrogens (primary N) is 1. The lowest BCUT2D eigenvalue weighted by Crippen LogP contribution is -2.01. The summed E-state index contributed by atoms with van der Waals surface area (Å²) in [5.74, 6) is 1.41. The zero-order chi connectivity index (χ0) is 12.1. The average Bonchev–Trinajstić information content (AvgIpc) is 2.16. The molecule has 16 heavy (non-hydrogen) atoms. The van der Waals surface area contributed by atoms with Crippen molar-refractivity contribution in [2.75, 3.05) is 11.5 Å². The van der Waals surface area contributed by atoms with E-state index in [0.29, 0.717) is 10.9 Å². The van der Waals surface area contributed by atoms with Crippen molar-refractivity contribution in [1.82, 2.24) is 9.97 Å². The third kappa shape index (κ3) is 3.65. The minimum Gasteiger partial charge on any atom is -0.368 e. The van der Waals surface area contributed by atoms with Crippen molar-refractivity contribution >= 4 is 23.4 Å². The molecule has 0 atom stereocenters. The largest absolute Gasteiger partial charge is 0.368 e. The van der Waals surface area contributed by atoms with Crippen LogP contribution in [0, 0.1) is 16.0 Å². The molecule has 0 unspecified atom stereocenters. The summed E-state index contributed by atoms with van der Waals surface area (Å²) in [7, 11) is 0. The minimum absolute atomic E-state index is 0.0673. The van der Waals surface area contributed by atoms with E-state index in [4.69, 9.17) is 5.73 Å². The number of nitrogen functional groups attached to an aromatic ring is 1. The predicted molar refractivity (Wildman–Crippen MR) is 63.3 cm³/mol.